The van der Waals surface area contributed by atoms with E-state index in [2.05, 4.69) is 18.0 Å². The Morgan fingerprint density at radius 2 is 1.33 bits per heavy atom. The van der Waals surface area contributed by atoms with E-state index in [9.17, 15) is 39.5 Å². The van der Waals surface area contributed by atoms with Crippen LogP contribution in [0.5, 0.6) is 0 Å². The molecular weight excluding hydrogens is 347 g/mol. The number of hydrogen-bond donors (Lipinski definition) is 0. The predicted octanol–water partition coefficient (Wildman–Crippen LogP) is 2.80. The highest BCUT2D eigenvalue weighted by Gasteiger charge is 2.74. The summed E-state index contributed by atoms with van der Waals surface area (Å²) in [5, 5.41) is 0. The maximum atomic E-state index is 12.7. The zero-order chi connectivity index (χ0) is 17.1. The molecule has 0 aromatic carbocycles. The van der Waals surface area contributed by atoms with Crippen molar-refractivity contribution in [2.75, 3.05) is 21.0 Å². The van der Waals surface area contributed by atoms with Crippen LogP contribution in [-0.4, -0.2) is 54.1 Å². The van der Waals surface area contributed by atoms with E-state index in [0.717, 1.165) is 0 Å². The van der Waals surface area contributed by atoms with Gasteiger partial charge in [0.25, 0.3) is 0 Å². The van der Waals surface area contributed by atoms with Crippen molar-refractivity contribution in [3.8, 4) is 0 Å². The molecule has 0 spiro atoms. The quantitative estimate of drug-likeness (QED) is 0.381. The molecule has 0 amide bonds. The van der Waals surface area contributed by atoms with Gasteiger partial charge < -0.3 is 13.3 Å². The highest BCUT2D eigenvalue weighted by atomic mass is 28.4. The Balaban J connectivity index is 4.86. The zero-order valence-corrected chi connectivity index (χ0v) is 11.3. The average Bonchev–Trinajstić information content (AvgIpc) is 2.32. The average molecular weight is 356 g/mol. The fourth-order valence-electron chi connectivity index (χ4n) is 0.884. The summed E-state index contributed by atoms with van der Waals surface area (Å²) >= 11 is 0. The zero-order valence-electron chi connectivity index (χ0n) is 10.3. The number of halogens is 9. The minimum Gasteiger partial charge on any atom is -0.374 e. The van der Waals surface area contributed by atoms with Crippen molar-refractivity contribution >= 4 is 8.80 Å². The smallest absolute Gasteiger partial charge is 0.374 e. The van der Waals surface area contributed by atoms with Crippen LogP contribution in [0.3, 0.4) is 0 Å². The summed E-state index contributed by atoms with van der Waals surface area (Å²) in [4.78, 5) is 0. The van der Waals surface area contributed by atoms with Crippen LogP contribution in [0.2, 0.25) is 0 Å². The summed E-state index contributed by atoms with van der Waals surface area (Å²) in [7, 11) is -3.56. The molecule has 0 saturated heterocycles. The van der Waals surface area contributed by atoms with Crippen molar-refractivity contribution < 1.29 is 57.5 Å². The Kier molecular flexibility index (Phi) is 6.50. The van der Waals surface area contributed by atoms with Crippen molar-refractivity contribution in [1.82, 2.24) is 0 Å². The largest absolute Gasteiger partial charge is 0.572 e. The molecule has 0 rings (SSSR count). The molecular formula is C7H9F9O4Si. The van der Waals surface area contributed by atoms with Crippen LogP contribution in [0.25, 0.3) is 0 Å². The summed E-state index contributed by atoms with van der Waals surface area (Å²) in [6.07, 6.45) is -12.6. The van der Waals surface area contributed by atoms with Crippen molar-refractivity contribution in [3.05, 3.63) is 0 Å². The Hall–Kier alpha value is -0.573. The maximum absolute atomic E-state index is 12.7. The second-order valence-electron chi connectivity index (χ2n) is 3.31. The maximum Gasteiger partial charge on any atom is 0.572 e. The van der Waals surface area contributed by atoms with E-state index >= 15 is 0 Å². The Morgan fingerprint density at radius 3 is 1.62 bits per heavy atom. The van der Waals surface area contributed by atoms with Crippen LogP contribution in [-0.2, 0) is 18.0 Å². The van der Waals surface area contributed by atoms with Crippen LogP contribution >= 0.6 is 0 Å². The first-order chi connectivity index (χ1) is 9.27. The molecule has 0 aromatic rings. The van der Waals surface area contributed by atoms with Crippen LogP contribution in [0.1, 0.15) is 0 Å². The normalized spacial score (nSPS) is 14.9. The molecule has 0 atom stereocenters. The Morgan fingerprint density at radius 1 is 0.905 bits per heavy atom. The summed E-state index contributed by atoms with van der Waals surface area (Å²) < 4.78 is 126. The third kappa shape index (κ3) is 4.21. The monoisotopic (exact) mass is 356 g/mol. The van der Waals surface area contributed by atoms with Gasteiger partial charge in [0, 0.05) is 14.2 Å². The first-order valence-corrected chi connectivity index (χ1v) is 6.56. The van der Waals surface area contributed by atoms with Gasteiger partial charge in [-0.2, -0.15) is 30.7 Å². The molecule has 21 heavy (non-hydrogen) atoms. The van der Waals surface area contributed by atoms with Gasteiger partial charge in [0.1, 0.15) is 6.79 Å². The highest BCUT2D eigenvalue weighted by Crippen LogP contribution is 2.47. The Bertz CT molecular complexity index is 331. The Labute approximate surface area is 113 Å². The summed E-state index contributed by atoms with van der Waals surface area (Å²) in [6, 6.07) is -3.46. The van der Waals surface area contributed by atoms with Crippen LogP contribution in [0, 0.1) is 0 Å². The molecule has 0 aliphatic rings. The van der Waals surface area contributed by atoms with E-state index in [4.69, 9.17) is 0 Å². The van der Waals surface area contributed by atoms with E-state index in [1.54, 1.807) is 0 Å². The predicted molar refractivity (Wildman–Crippen MR) is 48.8 cm³/mol. The minimum atomic E-state index is -6.61. The van der Waals surface area contributed by atoms with Gasteiger partial charge in [0.2, 0.25) is 0 Å². The van der Waals surface area contributed by atoms with Gasteiger partial charge in [-0.05, 0) is 0 Å². The molecule has 0 aliphatic heterocycles. The van der Waals surface area contributed by atoms with Gasteiger partial charge in [-0.3, -0.25) is 4.74 Å². The summed E-state index contributed by atoms with van der Waals surface area (Å²) in [5.74, 6) is -6.54. The second kappa shape index (κ2) is 6.68. The van der Waals surface area contributed by atoms with Crippen LogP contribution < -0.4 is 0 Å². The lowest BCUT2D eigenvalue weighted by atomic mass is 10.3. The van der Waals surface area contributed by atoms with Crippen molar-refractivity contribution in [1.29, 1.82) is 0 Å². The first kappa shape index (κ1) is 20.4. The van der Waals surface area contributed by atoms with Crippen LogP contribution in [0.15, 0.2) is 0 Å². The number of rotatable bonds is 8. The van der Waals surface area contributed by atoms with Crippen LogP contribution in [0.4, 0.5) is 39.5 Å². The first-order valence-electron chi connectivity index (χ1n) is 4.76. The van der Waals surface area contributed by atoms with E-state index in [1.807, 2.05) is 0 Å². The van der Waals surface area contributed by atoms with Gasteiger partial charge in [-0.15, -0.1) is 0 Å². The van der Waals surface area contributed by atoms with Gasteiger partial charge in [0.15, 0.2) is 0 Å². The van der Waals surface area contributed by atoms with E-state index in [-0.39, 0.29) is 0 Å². The number of alkyl halides is 9. The van der Waals surface area contributed by atoms with E-state index in [1.165, 1.54) is 0 Å². The lowest BCUT2D eigenvalue weighted by Gasteiger charge is -2.29. The van der Waals surface area contributed by atoms with Crippen molar-refractivity contribution in [3.63, 3.8) is 0 Å². The summed E-state index contributed by atoms with van der Waals surface area (Å²) in [5.41, 5.74) is 0. The molecule has 0 radical (unpaired) electrons. The molecule has 0 bridgehead atoms. The third-order valence-electron chi connectivity index (χ3n) is 2.06. The lowest BCUT2D eigenvalue weighted by molar-refractivity contribution is -0.431. The van der Waals surface area contributed by atoms with Gasteiger partial charge >= 0.3 is 33.1 Å². The molecule has 0 fully saturated rings. The number of hydrogen-bond acceptors (Lipinski definition) is 4. The van der Waals surface area contributed by atoms with Gasteiger partial charge in [0.05, 0.1) is 0 Å². The molecule has 0 N–H and O–H groups in total. The topological polar surface area (TPSA) is 36.9 Å². The molecule has 0 heterocycles. The van der Waals surface area contributed by atoms with Gasteiger partial charge in [-0.1, -0.05) is 0 Å². The molecule has 14 heteroatoms. The molecule has 0 saturated carbocycles. The highest BCUT2D eigenvalue weighted by molar-refractivity contribution is 6.61. The fourth-order valence-corrected chi connectivity index (χ4v) is 1.99. The van der Waals surface area contributed by atoms with E-state index < -0.39 is 39.9 Å². The summed E-state index contributed by atoms with van der Waals surface area (Å²) in [6.45, 7) is -2.03. The molecule has 128 valence electrons. The standard InChI is InChI=1S/C7H9F9O4Si/c1-17-21(18-2,4(8)9)20-3-19-7(15,16)5(10,11)6(12,13)14/h4H,3H2,1-2H3. The minimum absolute atomic E-state index is 0.643. The van der Waals surface area contributed by atoms with Crippen molar-refractivity contribution in [2.24, 2.45) is 0 Å². The third-order valence-corrected chi connectivity index (χ3v) is 4.25. The molecule has 0 aromatic heterocycles. The fraction of sp³-hybridized carbons (Fsp3) is 1.00. The second-order valence-corrected chi connectivity index (χ2v) is 6.06. The molecule has 0 unspecified atom stereocenters. The lowest BCUT2D eigenvalue weighted by Crippen LogP contribution is -2.56. The number of ether oxygens (including phenoxy) is 1. The van der Waals surface area contributed by atoms with Gasteiger partial charge in [-0.25, -0.2) is 8.78 Å². The SMILES string of the molecule is CO[Si](OC)(OCOC(F)(F)C(F)(F)C(F)(F)F)C(F)F. The molecule has 0 aliphatic carbocycles. The van der Waals surface area contributed by atoms with E-state index in [0.29, 0.717) is 14.2 Å². The van der Waals surface area contributed by atoms with Crippen molar-refractivity contribution in [2.45, 2.75) is 24.3 Å². The molecule has 4 nitrogen and oxygen atoms in total.